The van der Waals surface area contributed by atoms with Crippen molar-refractivity contribution in [2.75, 3.05) is 5.32 Å². The molecule has 26 heavy (non-hydrogen) atoms. The number of nitrogens with one attached hydrogen (secondary N) is 2. The van der Waals surface area contributed by atoms with Gasteiger partial charge in [0.2, 0.25) is 11.7 Å². The van der Waals surface area contributed by atoms with E-state index in [-0.39, 0.29) is 18.1 Å². The molecule has 0 aliphatic rings. The number of rotatable bonds is 6. The van der Waals surface area contributed by atoms with E-state index in [1.54, 1.807) is 12.3 Å². The van der Waals surface area contributed by atoms with E-state index in [9.17, 15) is 9.59 Å². The number of nitrogens with zero attached hydrogens (tertiary/aromatic N) is 1. The van der Waals surface area contributed by atoms with Crippen LogP contribution in [0, 0.1) is 0 Å². The first-order chi connectivity index (χ1) is 12.6. The summed E-state index contributed by atoms with van der Waals surface area (Å²) in [5.41, 5.74) is 2.53. The highest BCUT2D eigenvalue weighted by atomic mass is 79.9. The molecule has 0 radical (unpaired) electrons. The summed E-state index contributed by atoms with van der Waals surface area (Å²) < 4.78 is 0.963. The van der Waals surface area contributed by atoms with Gasteiger partial charge >= 0.3 is 0 Å². The van der Waals surface area contributed by atoms with Crippen LogP contribution in [-0.4, -0.2) is 21.7 Å². The van der Waals surface area contributed by atoms with E-state index < -0.39 is 0 Å². The quantitative estimate of drug-likeness (QED) is 0.471. The first-order valence-corrected chi connectivity index (χ1v) is 8.75. The molecule has 0 atom stereocenters. The lowest BCUT2D eigenvalue weighted by atomic mass is 10.1. The molecule has 1 amide bonds. The van der Waals surface area contributed by atoms with Crippen LogP contribution >= 0.6 is 15.9 Å². The lowest BCUT2D eigenvalue weighted by Crippen LogP contribution is -2.14. The molecule has 0 bridgehead atoms. The zero-order valence-corrected chi connectivity index (χ0v) is 15.4. The summed E-state index contributed by atoms with van der Waals surface area (Å²) in [4.78, 5) is 30.6. The predicted molar refractivity (Wildman–Crippen MR) is 105 cm³/mol. The number of anilines is 1. The van der Waals surface area contributed by atoms with Crippen LogP contribution in [0.2, 0.25) is 0 Å². The third-order valence-electron chi connectivity index (χ3n) is 3.63. The van der Waals surface area contributed by atoms with Gasteiger partial charge in [0.05, 0.1) is 6.42 Å². The first-order valence-electron chi connectivity index (χ1n) is 7.96. The molecule has 3 rings (SSSR count). The molecule has 0 fully saturated rings. The largest absolute Gasteiger partial charge is 0.342 e. The van der Waals surface area contributed by atoms with Gasteiger partial charge in [-0.15, -0.1) is 0 Å². The standard InChI is InChI=1S/C20H16BrN3O2/c21-16-6-8-17(9-7-16)24-19(26)13-15-3-1-14(2-4-15)5-10-18(25)20-22-11-12-23-20/h1-12H,13H2,(H,22,23)(H,24,26)/b10-5+. The Bertz CT molecular complexity index is 915. The number of halogens is 1. The summed E-state index contributed by atoms with van der Waals surface area (Å²) in [6.45, 7) is 0. The van der Waals surface area contributed by atoms with E-state index in [2.05, 4.69) is 31.2 Å². The van der Waals surface area contributed by atoms with E-state index in [4.69, 9.17) is 0 Å². The van der Waals surface area contributed by atoms with Gasteiger partial charge in [-0.2, -0.15) is 0 Å². The lowest BCUT2D eigenvalue weighted by Gasteiger charge is -2.06. The van der Waals surface area contributed by atoms with Crippen LogP contribution < -0.4 is 5.32 Å². The fourth-order valence-electron chi connectivity index (χ4n) is 2.32. The minimum Gasteiger partial charge on any atom is -0.342 e. The summed E-state index contributed by atoms with van der Waals surface area (Å²) >= 11 is 3.36. The van der Waals surface area contributed by atoms with Gasteiger partial charge in [0.15, 0.2) is 5.82 Å². The van der Waals surface area contributed by atoms with Crippen molar-refractivity contribution < 1.29 is 9.59 Å². The Morgan fingerprint density at radius 3 is 2.46 bits per heavy atom. The molecule has 2 N–H and O–H groups in total. The third-order valence-corrected chi connectivity index (χ3v) is 4.16. The Morgan fingerprint density at radius 1 is 1.08 bits per heavy atom. The van der Waals surface area contributed by atoms with Crippen molar-refractivity contribution in [3.8, 4) is 0 Å². The molecule has 0 aliphatic heterocycles. The SMILES string of the molecule is O=C(Cc1ccc(/C=C/C(=O)c2ncc[nH]2)cc1)Nc1ccc(Br)cc1. The van der Waals surface area contributed by atoms with Crippen molar-refractivity contribution in [1.82, 2.24) is 9.97 Å². The average molecular weight is 410 g/mol. The molecule has 130 valence electrons. The van der Waals surface area contributed by atoms with Crippen LogP contribution in [0.25, 0.3) is 6.08 Å². The fraction of sp³-hybridized carbons (Fsp3) is 0.0500. The Hall–Kier alpha value is -2.99. The zero-order chi connectivity index (χ0) is 18.4. The van der Waals surface area contributed by atoms with Crippen molar-refractivity contribution in [2.45, 2.75) is 6.42 Å². The number of carbonyl (C=O) groups excluding carboxylic acids is 2. The molecule has 6 heteroatoms. The predicted octanol–water partition coefficient (Wildman–Crippen LogP) is 4.25. The van der Waals surface area contributed by atoms with Gasteiger partial charge < -0.3 is 10.3 Å². The van der Waals surface area contributed by atoms with Crippen molar-refractivity contribution in [3.63, 3.8) is 0 Å². The topological polar surface area (TPSA) is 74.8 Å². The van der Waals surface area contributed by atoms with E-state index in [1.165, 1.54) is 12.3 Å². The van der Waals surface area contributed by atoms with Gasteiger partial charge in [-0.25, -0.2) is 4.98 Å². The number of aromatic nitrogens is 2. The van der Waals surface area contributed by atoms with Gasteiger partial charge in [0, 0.05) is 22.6 Å². The lowest BCUT2D eigenvalue weighted by molar-refractivity contribution is -0.115. The van der Waals surface area contributed by atoms with Crippen molar-refractivity contribution in [3.05, 3.63) is 88.4 Å². The molecule has 2 aromatic carbocycles. The summed E-state index contributed by atoms with van der Waals surface area (Å²) in [5.74, 6) is 0.0408. The monoisotopic (exact) mass is 409 g/mol. The van der Waals surface area contributed by atoms with Crippen LogP contribution in [0.15, 0.2) is 71.5 Å². The van der Waals surface area contributed by atoms with Gasteiger partial charge in [-0.05, 0) is 41.5 Å². The first kappa shape index (κ1) is 17.8. The Labute approximate surface area is 159 Å². The van der Waals surface area contributed by atoms with Crippen LogP contribution in [-0.2, 0) is 11.2 Å². The minimum absolute atomic E-state index is 0.0800. The smallest absolute Gasteiger partial charge is 0.228 e. The highest BCUT2D eigenvalue weighted by molar-refractivity contribution is 9.10. The van der Waals surface area contributed by atoms with E-state index >= 15 is 0 Å². The molecule has 0 spiro atoms. The number of allylic oxidation sites excluding steroid dienone is 1. The van der Waals surface area contributed by atoms with Gasteiger partial charge in [-0.3, -0.25) is 9.59 Å². The highest BCUT2D eigenvalue weighted by Crippen LogP contribution is 2.15. The molecule has 3 aromatic rings. The molecule has 1 heterocycles. The minimum atomic E-state index is -0.187. The van der Waals surface area contributed by atoms with Crippen LogP contribution in [0.3, 0.4) is 0 Å². The molecule has 0 unspecified atom stereocenters. The molecular formula is C20H16BrN3O2. The normalized spacial score (nSPS) is 10.8. The Balaban J connectivity index is 1.56. The molecule has 0 saturated heterocycles. The van der Waals surface area contributed by atoms with Crippen LogP contribution in [0.4, 0.5) is 5.69 Å². The number of H-pyrrole nitrogens is 1. The Morgan fingerprint density at radius 2 is 1.81 bits per heavy atom. The number of ketones is 1. The second-order valence-corrected chi connectivity index (χ2v) is 6.52. The number of hydrogen-bond donors (Lipinski definition) is 2. The number of imidazole rings is 1. The van der Waals surface area contributed by atoms with Crippen LogP contribution in [0.1, 0.15) is 21.7 Å². The Kier molecular flexibility index (Phi) is 5.76. The summed E-state index contributed by atoms with van der Waals surface area (Å²) in [6.07, 6.45) is 6.61. The number of aromatic amines is 1. The maximum atomic E-state index is 12.1. The average Bonchev–Trinajstić information content (AvgIpc) is 3.17. The van der Waals surface area contributed by atoms with E-state index in [1.807, 2.05) is 48.5 Å². The van der Waals surface area contributed by atoms with Gasteiger partial charge in [0.1, 0.15) is 0 Å². The maximum absolute atomic E-state index is 12.1. The second kappa shape index (κ2) is 8.40. The highest BCUT2D eigenvalue weighted by Gasteiger charge is 2.05. The molecular weight excluding hydrogens is 394 g/mol. The molecule has 1 aromatic heterocycles. The number of carbonyl (C=O) groups is 2. The van der Waals surface area contributed by atoms with E-state index in [0.717, 1.165) is 21.3 Å². The van der Waals surface area contributed by atoms with Crippen molar-refractivity contribution >= 4 is 39.4 Å². The number of benzene rings is 2. The van der Waals surface area contributed by atoms with Crippen molar-refractivity contribution in [2.24, 2.45) is 0 Å². The van der Waals surface area contributed by atoms with Crippen molar-refractivity contribution in [1.29, 1.82) is 0 Å². The second-order valence-electron chi connectivity index (χ2n) is 5.61. The third kappa shape index (κ3) is 5.00. The molecule has 5 nitrogen and oxygen atoms in total. The summed E-state index contributed by atoms with van der Waals surface area (Å²) in [5, 5.41) is 2.86. The van der Waals surface area contributed by atoms with Crippen LogP contribution in [0.5, 0.6) is 0 Å². The molecule has 0 aliphatic carbocycles. The fourth-order valence-corrected chi connectivity index (χ4v) is 2.59. The van der Waals surface area contributed by atoms with E-state index in [0.29, 0.717) is 5.82 Å². The number of amides is 1. The number of hydrogen-bond acceptors (Lipinski definition) is 3. The summed E-state index contributed by atoms with van der Waals surface area (Å²) in [7, 11) is 0. The zero-order valence-electron chi connectivity index (χ0n) is 13.8. The summed E-state index contributed by atoms with van der Waals surface area (Å²) in [6, 6.07) is 14.9. The van der Waals surface area contributed by atoms with Gasteiger partial charge in [0.25, 0.3) is 0 Å². The maximum Gasteiger partial charge on any atom is 0.228 e. The van der Waals surface area contributed by atoms with Gasteiger partial charge in [-0.1, -0.05) is 46.3 Å². The molecule has 0 saturated carbocycles.